The zero-order valence-corrected chi connectivity index (χ0v) is 13.9. The molecule has 1 fully saturated rings. The van der Waals surface area contributed by atoms with E-state index in [0.29, 0.717) is 23.3 Å². The molecular formula is C19H22NOS+. The molecule has 1 aliphatic heterocycles. The average molecular weight is 312 g/mol. The van der Waals surface area contributed by atoms with Gasteiger partial charge in [-0.25, -0.2) is 0 Å². The zero-order chi connectivity index (χ0) is 15.6. The Morgan fingerprint density at radius 2 is 1.55 bits per heavy atom. The SMILES string of the molecule is CC1(C)C(C[S+]=O)CN1C(c1ccccc1)c1ccccc1. The van der Waals surface area contributed by atoms with Gasteiger partial charge in [0, 0.05) is 22.2 Å². The molecule has 0 amide bonds. The molecule has 1 aliphatic rings. The van der Waals surface area contributed by atoms with Gasteiger partial charge in [-0.05, 0) is 25.0 Å². The molecule has 0 N–H and O–H groups in total. The molecule has 0 aliphatic carbocycles. The van der Waals surface area contributed by atoms with Crippen LogP contribution in [-0.2, 0) is 15.9 Å². The summed E-state index contributed by atoms with van der Waals surface area (Å²) in [5.74, 6) is 1.16. The zero-order valence-electron chi connectivity index (χ0n) is 13.1. The minimum atomic E-state index is 0.0494. The van der Waals surface area contributed by atoms with Crippen LogP contribution in [-0.4, -0.2) is 22.7 Å². The van der Waals surface area contributed by atoms with Crippen molar-refractivity contribution in [3.05, 3.63) is 71.8 Å². The van der Waals surface area contributed by atoms with E-state index < -0.39 is 0 Å². The molecule has 0 saturated carbocycles. The van der Waals surface area contributed by atoms with E-state index in [1.54, 1.807) is 0 Å². The highest BCUT2D eigenvalue weighted by molar-refractivity contribution is 7.65. The molecule has 114 valence electrons. The van der Waals surface area contributed by atoms with E-state index in [2.05, 4.69) is 79.4 Å². The van der Waals surface area contributed by atoms with E-state index in [1.807, 2.05) is 0 Å². The van der Waals surface area contributed by atoms with Gasteiger partial charge in [0.25, 0.3) is 0 Å². The van der Waals surface area contributed by atoms with Gasteiger partial charge in [-0.15, -0.1) is 0 Å². The predicted molar refractivity (Wildman–Crippen MR) is 91.9 cm³/mol. The topological polar surface area (TPSA) is 20.3 Å². The van der Waals surface area contributed by atoms with Crippen molar-refractivity contribution in [3.8, 4) is 0 Å². The predicted octanol–water partition coefficient (Wildman–Crippen LogP) is 3.91. The van der Waals surface area contributed by atoms with E-state index in [4.69, 9.17) is 0 Å². The summed E-state index contributed by atoms with van der Waals surface area (Å²) in [7, 11) is 0. The second kappa shape index (κ2) is 6.27. The summed E-state index contributed by atoms with van der Waals surface area (Å²) in [5, 5.41) is 0. The van der Waals surface area contributed by atoms with E-state index >= 15 is 0 Å². The molecule has 0 bridgehead atoms. The Kier molecular flexibility index (Phi) is 4.37. The van der Waals surface area contributed by atoms with Crippen LogP contribution in [0.3, 0.4) is 0 Å². The molecule has 2 aromatic carbocycles. The fourth-order valence-corrected chi connectivity index (χ4v) is 4.10. The van der Waals surface area contributed by atoms with Crippen LogP contribution in [0.2, 0.25) is 0 Å². The monoisotopic (exact) mass is 312 g/mol. The standard InChI is InChI=1S/C19H22NOS/c1-19(2)17(14-22-21)13-20(19)18(15-9-5-3-6-10-15)16-11-7-4-8-12-16/h3-12,17-18H,13-14H2,1-2H3/q+1. The van der Waals surface area contributed by atoms with Crippen LogP contribution in [0.15, 0.2) is 60.7 Å². The van der Waals surface area contributed by atoms with Crippen molar-refractivity contribution in [2.45, 2.75) is 25.4 Å². The first-order valence-electron chi connectivity index (χ1n) is 7.76. The third-order valence-corrected chi connectivity index (χ3v) is 5.51. The van der Waals surface area contributed by atoms with Gasteiger partial charge < -0.3 is 0 Å². The molecule has 1 heterocycles. The van der Waals surface area contributed by atoms with Gasteiger partial charge in [0.2, 0.25) is 5.75 Å². The number of hydrogen-bond donors (Lipinski definition) is 0. The summed E-state index contributed by atoms with van der Waals surface area (Å²) in [4.78, 5) is 2.53. The minimum Gasteiger partial charge on any atom is -0.286 e. The van der Waals surface area contributed by atoms with Crippen molar-refractivity contribution in [1.82, 2.24) is 4.90 Å². The van der Waals surface area contributed by atoms with Crippen molar-refractivity contribution in [1.29, 1.82) is 0 Å². The average Bonchev–Trinajstić information content (AvgIpc) is 2.56. The van der Waals surface area contributed by atoms with Crippen molar-refractivity contribution in [2.75, 3.05) is 12.3 Å². The molecule has 2 nitrogen and oxygen atoms in total. The first-order chi connectivity index (χ1) is 10.6. The lowest BCUT2D eigenvalue weighted by molar-refractivity contribution is -0.0673. The summed E-state index contributed by atoms with van der Waals surface area (Å²) in [6.07, 6.45) is 0. The van der Waals surface area contributed by atoms with E-state index in [0.717, 1.165) is 6.54 Å². The third kappa shape index (κ3) is 2.71. The maximum absolute atomic E-state index is 10.9. The highest BCUT2D eigenvalue weighted by Crippen LogP contribution is 2.45. The van der Waals surface area contributed by atoms with Crippen molar-refractivity contribution in [3.63, 3.8) is 0 Å². The molecule has 1 atom stereocenters. The number of nitrogens with zero attached hydrogens (tertiary/aromatic N) is 1. The smallest absolute Gasteiger partial charge is 0.286 e. The molecule has 0 spiro atoms. The quantitative estimate of drug-likeness (QED) is 0.780. The Hall–Kier alpha value is -1.58. The highest BCUT2D eigenvalue weighted by atomic mass is 32.1. The molecule has 0 aromatic heterocycles. The van der Waals surface area contributed by atoms with Crippen LogP contribution in [0.4, 0.5) is 0 Å². The molecule has 3 rings (SSSR count). The fraction of sp³-hybridized carbons (Fsp3) is 0.368. The van der Waals surface area contributed by atoms with Crippen LogP contribution >= 0.6 is 0 Å². The molecule has 1 unspecified atom stereocenters. The summed E-state index contributed by atoms with van der Waals surface area (Å²) in [6, 6.07) is 21.6. The van der Waals surface area contributed by atoms with E-state index in [1.165, 1.54) is 11.1 Å². The van der Waals surface area contributed by atoms with Gasteiger partial charge in [0.15, 0.2) is 0 Å². The molecule has 0 radical (unpaired) electrons. The van der Waals surface area contributed by atoms with Gasteiger partial charge in [-0.3, -0.25) is 4.90 Å². The highest BCUT2D eigenvalue weighted by Gasteiger charge is 2.52. The normalized spacial score (nSPS) is 20.6. The van der Waals surface area contributed by atoms with Crippen LogP contribution < -0.4 is 0 Å². The lowest BCUT2D eigenvalue weighted by Gasteiger charge is -2.56. The number of hydrogen-bond acceptors (Lipinski definition) is 2. The largest absolute Gasteiger partial charge is 0.459 e. The van der Waals surface area contributed by atoms with Crippen molar-refractivity contribution in [2.24, 2.45) is 5.92 Å². The number of likely N-dealkylation sites (tertiary alicyclic amines) is 1. The maximum Gasteiger partial charge on any atom is 0.459 e. The first-order valence-corrected chi connectivity index (χ1v) is 8.67. The minimum absolute atomic E-state index is 0.0494. The van der Waals surface area contributed by atoms with E-state index in [9.17, 15) is 4.21 Å². The van der Waals surface area contributed by atoms with Gasteiger partial charge >= 0.3 is 11.7 Å². The van der Waals surface area contributed by atoms with Crippen LogP contribution in [0.1, 0.15) is 31.0 Å². The van der Waals surface area contributed by atoms with Crippen LogP contribution in [0.25, 0.3) is 0 Å². The van der Waals surface area contributed by atoms with E-state index in [-0.39, 0.29) is 11.6 Å². The molecule has 2 aromatic rings. The Bertz CT molecular complexity index is 587. The van der Waals surface area contributed by atoms with Crippen LogP contribution in [0.5, 0.6) is 0 Å². The summed E-state index contributed by atoms with van der Waals surface area (Å²) in [6.45, 7) is 5.50. The molecular weight excluding hydrogens is 290 g/mol. The summed E-state index contributed by atoms with van der Waals surface area (Å²) < 4.78 is 10.9. The van der Waals surface area contributed by atoms with Crippen molar-refractivity contribution >= 4 is 11.7 Å². The fourth-order valence-electron chi connectivity index (χ4n) is 3.42. The van der Waals surface area contributed by atoms with Crippen molar-refractivity contribution < 1.29 is 4.21 Å². The number of rotatable bonds is 5. The number of benzene rings is 2. The molecule has 22 heavy (non-hydrogen) atoms. The Balaban J connectivity index is 1.96. The van der Waals surface area contributed by atoms with Gasteiger partial charge in [-0.1, -0.05) is 60.7 Å². The lowest BCUT2D eigenvalue weighted by Crippen LogP contribution is -2.65. The second-order valence-corrected chi connectivity index (χ2v) is 7.08. The molecule has 3 heteroatoms. The lowest BCUT2D eigenvalue weighted by atomic mass is 9.75. The first kappa shape index (κ1) is 15.3. The maximum atomic E-state index is 10.9. The van der Waals surface area contributed by atoms with Gasteiger partial charge in [0.05, 0.1) is 6.04 Å². The Morgan fingerprint density at radius 1 is 1.05 bits per heavy atom. The summed E-state index contributed by atoms with van der Waals surface area (Å²) >= 11 is 0.717. The van der Waals surface area contributed by atoms with Crippen LogP contribution in [0, 0.1) is 5.92 Å². The molecule has 1 saturated heterocycles. The van der Waals surface area contributed by atoms with Gasteiger partial charge in [-0.2, -0.15) is 0 Å². The Morgan fingerprint density at radius 3 is 1.95 bits per heavy atom. The third-order valence-electron chi connectivity index (χ3n) is 4.97. The summed E-state index contributed by atoms with van der Waals surface area (Å²) in [5.41, 5.74) is 2.68. The second-order valence-electron chi connectivity index (χ2n) is 6.51. The Labute approximate surface area is 136 Å². The van der Waals surface area contributed by atoms with Gasteiger partial charge in [0.1, 0.15) is 0 Å².